The number of hydrazone groups is 1. The molecule has 0 N–H and O–H groups in total. The first kappa shape index (κ1) is 12.8. The summed E-state index contributed by atoms with van der Waals surface area (Å²) in [5.41, 5.74) is 0.726. The number of hydrogen-bond donors (Lipinski definition) is 0. The van der Waals surface area contributed by atoms with E-state index in [1.165, 1.54) is 6.21 Å². The first-order valence-corrected chi connectivity index (χ1v) is 7.37. The Balaban J connectivity index is 1.41. The Morgan fingerprint density at radius 1 is 1.04 bits per heavy atom. The highest BCUT2D eigenvalue weighted by atomic mass is 16.7. The number of rotatable bonds is 2. The SMILES string of the molecule is O=C1[C@@H]2[C@H](C(=O)N1/N=C\c1ccc3c(c1)OCO3)[C@@H]1C=C[C@@H]2O1. The Kier molecular flexibility index (Phi) is 2.47. The number of imide groups is 1. The minimum Gasteiger partial charge on any atom is -0.454 e. The third kappa shape index (κ3) is 1.71. The van der Waals surface area contributed by atoms with Crippen LogP contribution in [0, 0.1) is 11.8 Å². The second-order valence-corrected chi connectivity index (χ2v) is 5.85. The molecule has 0 radical (unpaired) electrons. The molecule has 23 heavy (non-hydrogen) atoms. The van der Waals surface area contributed by atoms with Crippen LogP contribution in [0.3, 0.4) is 0 Å². The van der Waals surface area contributed by atoms with Crippen LogP contribution < -0.4 is 9.47 Å². The molecule has 2 fully saturated rings. The second kappa shape index (κ2) is 4.42. The Hall–Kier alpha value is -2.67. The van der Waals surface area contributed by atoms with Crippen LogP contribution in [0.15, 0.2) is 35.5 Å². The molecule has 4 heterocycles. The van der Waals surface area contributed by atoms with Gasteiger partial charge in [0.15, 0.2) is 11.5 Å². The Bertz CT molecular complexity index is 757. The van der Waals surface area contributed by atoms with Crippen molar-refractivity contribution in [3.8, 4) is 11.5 Å². The van der Waals surface area contributed by atoms with Crippen molar-refractivity contribution in [2.75, 3.05) is 6.79 Å². The van der Waals surface area contributed by atoms with Crippen LogP contribution in [-0.4, -0.2) is 42.0 Å². The Morgan fingerprint density at radius 3 is 2.48 bits per heavy atom. The van der Waals surface area contributed by atoms with Crippen LogP contribution in [0.25, 0.3) is 0 Å². The van der Waals surface area contributed by atoms with Gasteiger partial charge in [0.2, 0.25) is 6.79 Å². The zero-order chi connectivity index (χ0) is 15.6. The predicted molar refractivity (Wildman–Crippen MR) is 76.8 cm³/mol. The molecule has 7 nitrogen and oxygen atoms in total. The van der Waals surface area contributed by atoms with Gasteiger partial charge in [0.25, 0.3) is 11.8 Å². The minimum atomic E-state index is -0.439. The van der Waals surface area contributed by atoms with Gasteiger partial charge in [-0.15, -0.1) is 0 Å². The van der Waals surface area contributed by atoms with Crippen LogP contribution in [0.1, 0.15) is 5.56 Å². The number of hydrogen-bond acceptors (Lipinski definition) is 6. The summed E-state index contributed by atoms with van der Waals surface area (Å²) in [5, 5.41) is 5.06. The summed E-state index contributed by atoms with van der Waals surface area (Å²) in [6.45, 7) is 0.193. The summed E-state index contributed by atoms with van der Waals surface area (Å²) in [6.07, 6.45) is 4.58. The monoisotopic (exact) mass is 312 g/mol. The number of fused-ring (bicyclic) bond motifs is 6. The normalized spacial score (nSPS) is 33.3. The molecule has 4 atom stereocenters. The van der Waals surface area contributed by atoms with E-state index in [1.807, 2.05) is 12.2 Å². The van der Waals surface area contributed by atoms with E-state index in [0.29, 0.717) is 11.5 Å². The minimum absolute atomic E-state index is 0.193. The van der Waals surface area contributed by atoms with Gasteiger partial charge in [-0.1, -0.05) is 12.2 Å². The molecule has 5 rings (SSSR count). The van der Waals surface area contributed by atoms with E-state index in [0.717, 1.165) is 10.6 Å². The van der Waals surface area contributed by atoms with Gasteiger partial charge < -0.3 is 14.2 Å². The Labute approximate surface area is 131 Å². The third-order valence-corrected chi connectivity index (χ3v) is 4.61. The Morgan fingerprint density at radius 2 is 1.74 bits per heavy atom. The van der Waals surface area contributed by atoms with E-state index >= 15 is 0 Å². The van der Waals surface area contributed by atoms with Gasteiger partial charge in [0, 0.05) is 0 Å². The molecule has 2 saturated heterocycles. The van der Waals surface area contributed by atoms with E-state index in [1.54, 1.807) is 18.2 Å². The molecule has 0 aromatic heterocycles. The molecule has 0 spiro atoms. The molecule has 1 aromatic rings. The highest BCUT2D eigenvalue weighted by Crippen LogP contribution is 2.45. The molecule has 116 valence electrons. The van der Waals surface area contributed by atoms with E-state index in [4.69, 9.17) is 14.2 Å². The zero-order valence-electron chi connectivity index (χ0n) is 11.9. The maximum atomic E-state index is 12.4. The molecular formula is C16H12N2O5. The number of carbonyl (C=O) groups is 2. The highest BCUT2D eigenvalue weighted by molar-refractivity contribution is 6.07. The second-order valence-electron chi connectivity index (χ2n) is 5.85. The lowest BCUT2D eigenvalue weighted by molar-refractivity contribution is -0.142. The molecule has 2 bridgehead atoms. The number of nitrogens with zero attached hydrogens (tertiary/aromatic N) is 2. The number of benzene rings is 1. The van der Waals surface area contributed by atoms with Crippen molar-refractivity contribution in [2.45, 2.75) is 12.2 Å². The predicted octanol–water partition coefficient (Wildman–Crippen LogP) is 0.688. The third-order valence-electron chi connectivity index (χ3n) is 4.61. The molecule has 4 aliphatic heterocycles. The van der Waals surface area contributed by atoms with Crippen molar-refractivity contribution >= 4 is 18.0 Å². The molecule has 2 amide bonds. The van der Waals surface area contributed by atoms with Crippen molar-refractivity contribution in [3.63, 3.8) is 0 Å². The lowest BCUT2D eigenvalue weighted by atomic mass is 9.85. The highest BCUT2D eigenvalue weighted by Gasteiger charge is 2.61. The van der Waals surface area contributed by atoms with Crippen molar-refractivity contribution in [1.29, 1.82) is 0 Å². The average molecular weight is 312 g/mol. The molecule has 1 aromatic carbocycles. The maximum absolute atomic E-state index is 12.4. The fourth-order valence-corrected chi connectivity index (χ4v) is 3.52. The fraction of sp³-hybridized carbons (Fsp3) is 0.312. The summed E-state index contributed by atoms with van der Waals surface area (Å²) in [6, 6.07) is 5.31. The fourth-order valence-electron chi connectivity index (χ4n) is 3.52. The summed E-state index contributed by atoms with van der Waals surface area (Å²) in [5.74, 6) is -0.175. The van der Waals surface area contributed by atoms with Crippen molar-refractivity contribution in [2.24, 2.45) is 16.9 Å². The van der Waals surface area contributed by atoms with Crippen molar-refractivity contribution < 1.29 is 23.8 Å². The molecule has 7 heteroatoms. The lowest BCUT2D eigenvalue weighted by Crippen LogP contribution is -2.30. The van der Waals surface area contributed by atoms with Crippen molar-refractivity contribution in [1.82, 2.24) is 5.01 Å². The van der Waals surface area contributed by atoms with Crippen molar-refractivity contribution in [3.05, 3.63) is 35.9 Å². The standard InChI is InChI=1S/C16H12N2O5/c19-15-13-10-3-4-11(23-10)14(13)16(20)18(15)17-6-8-1-2-9-12(5-8)22-7-21-9/h1-6,10-11,13-14H,7H2/b17-6-/t10-,11-,13-,14+/m0/s1. The van der Waals surface area contributed by atoms with Gasteiger partial charge in [-0.3, -0.25) is 9.59 Å². The van der Waals surface area contributed by atoms with Gasteiger partial charge in [-0.05, 0) is 23.8 Å². The van der Waals surface area contributed by atoms with Crippen LogP contribution >= 0.6 is 0 Å². The summed E-state index contributed by atoms with van der Waals surface area (Å²) >= 11 is 0. The van der Waals surface area contributed by atoms with Crippen LogP contribution in [0.5, 0.6) is 11.5 Å². The van der Waals surface area contributed by atoms with Crippen LogP contribution in [0.2, 0.25) is 0 Å². The molecule has 0 aliphatic carbocycles. The van der Waals surface area contributed by atoms with Crippen LogP contribution in [-0.2, 0) is 14.3 Å². The number of carbonyl (C=O) groups excluding carboxylic acids is 2. The quantitative estimate of drug-likeness (QED) is 0.456. The van der Waals surface area contributed by atoms with Gasteiger partial charge in [0.1, 0.15) is 0 Å². The largest absolute Gasteiger partial charge is 0.454 e. The lowest BCUT2D eigenvalue weighted by Gasteiger charge is -2.11. The van der Waals surface area contributed by atoms with Gasteiger partial charge in [-0.2, -0.15) is 10.1 Å². The number of ether oxygens (including phenoxy) is 3. The summed E-state index contributed by atoms with van der Waals surface area (Å²) in [4.78, 5) is 24.9. The van der Waals surface area contributed by atoms with Gasteiger partial charge in [-0.25, -0.2) is 0 Å². The van der Waals surface area contributed by atoms with E-state index < -0.39 is 11.8 Å². The zero-order valence-corrected chi connectivity index (χ0v) is 11.9. The molecule has 4 aliphatic rings. The summed E-state index contributed by atoms with van der Waals surface area (Å²) in [7, 11) is 0. The van der Waals surface area contributed by atoms with E-state index in [-0.39, 0.29) is 30.8 Å². The van der Waals surface area contributed by atoms with Gasteiger partial charge >= 0.3 is 0 Å². The van der Waals surface area contributed by atoms with Gasteiger partial charge in [0.05, 0.1) is 30.3 Å². The first-order chi connectivity index (χ1) is 11.2. The first-order valence-electron chi connectivity index (χ1n) is 7.37. The smallest absolute Gasteiger partial charge is 0.256 e. The molecular weight excluding hydrogens is 300 g/mol. The van der Waals surface area contributed by atoms with E-state index in [2.05, 4.69) is 5.10 Å². The average Bonchev–Trinajstić information content (AvgIpc) is 3.30. The topological polar surface area (TPSA) is 77.4 Å². The van der Waals surface area contributed by atoms with Crippen LogP contribution in [0.4, 0.5) is 0 Å². The summed E-state index contributed by atoms with van der Waals surface area (Å²) < 4.78 is 16.1. The molecule has 0 unspecified atom stereocenters. The number of amides is 2. The maximum Gasteiger partial charge on any atom is 0.256 e. The molecule has 0 saturated carbocycles. The van der Waals surface area contributed by atoms with E-state index in [9.17, 15) is 9.59 Å².